The van der Waals surface area contributed by atoms with Crippen LogP contribution in [0.4, 0.5) is 5.82 Å². The van der Waals surface area contributed by atoms with Crippen LogP contribution >= 0.6 is 0 Å². The van der Waals surface area contributed by atoms with Gasteiger partial charge in [0.15, 0.2) is 0 Å². The van der Waals surface area contributed by atoms with Crippen LogP contribution in [-0.2, 0) is 0 Å². The maximum atomic E-state index is 4.49. The zero-order chi connectivity index (χ0) is 13.7. The lowest BCUT2D eigenvalue weighted by Crippen LogP contribution is -2.21. The topological polar surface area (TPSA) is 41.1 Å². The Labute approximate surface area is 114 Å². The molecule has 0 aliphatic rings. The summed E-state index contributed by atoms with van der Waals surface area (Å²) in [6, 6.07) is 12.2. The Hall–Kier alpha value is -1.94. The lowest BCUT2D eigenvalue weighted by Gasteiger charge is -2.12. The van der Waals surface area contributed by atoms with Gasteiger partial charge in [0.25, 0.3) is 0 Å². The van der Waals surface area contributed by atoms with Crippen molar-refractivity contribution in [3.63, 3.8) is 0 Å². The van der Waals surface area contributed by atoms with Crippen molar-refractivity contribution in [2.24, 2.45) is 0 Å². The molecule has 0 saturated carbocycles. The van der Waals surface area contributed by atoms with Crippen LogP contribution in [0.1, 0.15) is 5.82 Å². The maximum absolute atomic E-state index is 4.49. The van der Waals surface area contributed by atoms with Crippen molar-refractivity contribution < 1.29 is 0 Å². The summed E-state index contributed by atoms with van der Waals surface area (Å²) in [6.07, 6.45) is 0. The number of hydrogen-bond acceptors (Lipinski definition) is 4. The number of aryl methyl sites for hydroxylation is 1. The Kier molecular flexibility index (Phi) is 4.47. The summed E-state index contributed by atoms with van der Waals surface area (Å²) >= 11 is 0. The Morgan fingerprint density at radius 1 is 1.11 bits per heavy atom. The molecule has 1 N–H and O–H groups in total. The molecule has 100 valence electrons. The molecule has 0 aliphatic heterocycles. The number of nitrogens with one attached hydrogen (secondary N) is 1. The Morgan fingerprint density at radius 2 is 1.84 bits per heavy atom. The van der Waals surface area contributed by atoms with E-state index in [-0.39, 0.29) is 0 Å². The van der Waals surface area contributed by atoms with E-state index in [4.69, 9.17) is 0 Å². The van der Waals surface area contributed by atoms with Crippen LogP contribution in [0.2, 0.25) is 0 Å². The van der Waals surface area contributed by atoms with Gasteiger partial charge in [0.05, 0.1) is 5.69 Å². The number of hydrogen-bond donors (Lipinski definition) is 1. The average molecular weight is 256 g/mol. The van der Waals surface area contributed by atoms with Gasteiger partial charge in [0.1, 0.15) is 11.6 Å². The number of rotatable bonds is 5. The third-order valence-corrected chi connectivity index (χ3v) is 2.77. The van der Waals surface area contributed by atoms with Gasteiger partial charge in [-0.25, -0.2) is 9.97 Å². The molecule has 1 heterocycles. The van der Waals surface area contributed by atoms with Gasteiger partial charge in [-0.2, -0.15) is 0 Å². The summed E-state index contributed by atoms with van der Waals surface area (Å²) in [5, 5.41) is 3.33. The van der Waals surface area contributed by atoms with E-state index in [0.29, 0.717) is 0 Å². The summed E-state index contributed by atoms with van der Waals surface area (Å²) in [5.74, 6) is 1.67. The highest BCUT2D eigenvalue weighted by Gasteiger charge is 2.03. The largest absolute Gasteiger partial charge is 0.369 e. The summed E-state index contributed by atoms with van der Waals surface area (Å²) in [7, 11) is 4.12. The number of benzene rings is 1. The van der Waals surface area contributed by atoms with E-state index in [1.165, 1.54) is 0 Å². The van der Waals surface area contributed by atoms with Crippen LogP contribution in [0.5, 0.6) is 0 Å². The monoisotopic (exact) mass is 256 g/mol. The van der Waals surface area contributed by atoms with Crippen LogP contribution < -0.4 is 5.32 Å². The molecular formula is C15H20N4. The van der Waals surface area contributed by atoms with Crippen molar-refractivity contribution >= 4 is 5.82 Å². The van der Waals surface area contributed by atoms with E-state index in [1.807, 2.05) is 31.2 Å². The number of anilines is 1. The van der Waals surface area contributed by atoms with Crippen LogP contribution in [0.25, 0.3) is 11.3 Å². The van der Waals surface area contributed by atoms with Crippen molar-refractivity contribution in [1.29, 1.82) is 0 Å². The van der Waals surface area contributed by atoms with Gasteiger partial charge >= 0.3 is 0 Å². The highest BCUT2D eigenvalue weighted by atomic mass is 15.1. The van der Waals surface area contributed by atoms with Gasteiger partial charge in [-0.3, -0.25) is 0 Å². The van der Waals surface area contributed by atoms with Crippen LogP contribution in [0, 0.1) is 6.92 Å². The SMILES string of the molecule is Cc1nc(NCCN(C)C)cc(-c2ccccc2)n1. The summed E-state index contributed by atoms with van der Waals surface area (Å²) in [6.45, 7) is 3.77. The highest BCUT2D eigenvalue weighted by Crippen LogP contribution is 2.19. The molecule has 1 aromatic carbocycles. The fourth-order valence-corrected chi connectivity index (χ4v) is 1.82. The molecule has 4 heteroatoms. The van der Waals surface area contributed by atoms with Gasteiger partial charge in [-0.15, -0.1) is 0 Å². The normalized spacial score (nSPS) is 10.7. The molecule has 0 atom stereocenters. The zero-order valence-electron chi connectivity index (χ0n) is 11.7. The van der Waals surface area contributed by atoms with Gasteiger partial charge in [0.2, 0.25) is 0 Å². The highest BCUT2D eigenvalue weighted by molar-refractivity contribution is 5.62. The zero-order valence-corrected chi connectivity index (χ0v) is 11.7. The van der Waals surface area contributed by atoms with Crippen LogP contribution in [0.3, 0.4) is 0 Å². The Balaban J connectivity index is 2.16. The quantitative estimate of drug-likeness (QED) is 0.892. The summed E-state index contributed by atoms with van der Waals surface area (Å²) in [5.41, 5.74) is 2.07. The molecular weight excluding hydrogens is 236 g/mol. The van der Waals surface area contributed by atoms with Crippen molar-refractivity contribution in [3.05, 3.63) is 42.2 Å². The molecule has 0 amide bonds. The van der Waals surface area contributed by atoms with Crippen LogP contribution in [-0.4, -0.2) is 42.1 Å². The summed E-state index contributed by atoms with van der Waals surface area (Å²) < 4.78 is 0. The smallest absolute Gasteiger partial charge is 0.130 e. The molecule has 4 nitrogen and oxygen atoms in total. The first kappa shape index (κ1) is 13.5. The van der Waals surface area contributed by atoms with Crippen LogP contribution in [0.15, 0.2) is 36.4 Å². The molecule has 0 spiro atoms. The predicted octanol–water partition coefficient (Wildman–Crippen LogP) is 2.43. The van der Waals surface area contributed by atoms with E-state index in [1.54, 1.807) is 0 Å². The standard InChI is InChI=1S/C15H20N4/c1-12-17-14(13-7-5-4-6-8-13)11-15(18-12)16-9-10-19(2)3/h4-8,11H,9-10H2,1-3H3,(H,16,17,18). The first-order valence-electron chi connectivity index (χ1n) is 6.45. The lowest BCUT2D eigenvalue weighted by molar-refractivity contribution is 0.425. The van der Waals surface area contributed by atoms with Crippen molar-refractivity contribution in [2.45, 2.75) is 6.92 Å². The van der Waals surface area contributed by atoms with E-state index in [2.05, 4.69) is 46.4 Å². The first-order valence-corrected chi connectivity index (χ1v) is 6.45. The van der Waals surface area contributed by atoms with Gasteiger partial charge in [0, 0.05) is 24.7 Å². The first-order chi connectivity index (χ1) is 9.15. The van der Waals surface area contributed by atoms with Gasteiger partial charge in [-0.1, -0.05) is 30.3 Å². The lowest BCUT2D eigenvalue weighted by atomic mass is 10.1. The molecule has 19 heavy (non-hydrogen) atoms. The second kappa shape index (κ2) is 6.29. The minimum Gasteiger partial charge on any atom is -0.369 e. The predicted molar refractivity (Wildman–Crippen MR) is 79.2 cm³/mol. The van der Waals surface area contributed by atoms with E-state index < -0.39 is 0 Å². The molecule has 0 fully saturated rings. The second-order valence-electron chi connectivity index (χ2n) is 4.78. The van der Waals surface area contributed by atoms with E-state index >= 15 is 0 Å². The molecule has 2 aromatic rings. The maximum Gasteiger partial charge on any atom is 0.130 e. The minimum atomic E-state index is 0.786. The summed E-state index contributed by atoms with van der Waals surface area (Å²) in [4.78, 5) is 11.0. The fraction of sp³-hybridized carbons (Fsp3) is 0.333. The van der Waals surface area contributed by atoms with Crippen molar-refractivity contribution in [2.75, 3.05) is 32.5 Å². The van der Waals surface area contributed by atoms with E-state index in [9.17, 15) is 0 Å². The Bertz CT molecular complexity index is 523. The van der Waals surface area contributed by atoms with Gasteiger partial charge in [-0.05, 0) is 21.0 Å². The fourth-order valence-electron chi connectivity index (χ4n) is 1.82. The molecule has 0 bridgehead atoms. The van der Waals surface area contributed by atoms with E-state index in [0.717, 1.165) is 36.0 Å². The average Bonchev–Trinajstić information content (AvgIpc) is 2.39. The Morgan fingerprint density at radius 3 is 2.53 bits per heavy atom. The molecule has 0 unspecified atom stereocenters. The third-order valence-electron chi connectivity index (χ3n) is 2.77. The minimum absolute atomic E-state index is 0.786. The molecule has 1 aromatic heterocycles. The molecule has 0 aliphatic carbocycles. The molecule has 0 radical (unpaired) electrons. The third kappa shape index (κ3) is 4.03. The molecule has 0 saturated heterocycles. The van der Waals surface area contributed by atoms with Gasteiger partial charge < -0.3 is 10.2 Å². The second-order valence-corrected chi connectivity index (χ2v) is 4.78. The molecule has 2 rings (SSSR count). The van der Waals surface area contributed by atoms with Crippen molar-refractivity contribution in [3.8, 4) is 11.3 Å². The van der Waals surface area contributed by atoms with Crippen molar-refractivity contribution in [1.82, 2.24) is 14.9 Å². The number of aromatic nitrogens is 2. The number of likely N-dealkylation sites (N-methyl/N-ethyl adjacent to an activating group) is 1. The number of nitrogens with zero attached hydrogens (tertiary/aromatic N) is 3.